The average molecular weight is 358 g/mol. The summed E-state index contributed by atoms with van der Waals surface area (Å²) in [6.07, 6.45) is 0. The van der Waals surface area contributed by atoms with Crippen LogP contribution in [0.3, 0.4) is 0 Å². The van der Waals surface area contributed by atoms with Gasteiger partial charge in [-0.1, -0.05) is 35.4 Å². The zero-order chi connectivity index (χ0) is 18.0. The Morgan fingerprint density at radius 1 is 0.960 bits per heavy atom. The number of anilines is 2. The fourth-order valence-electron chi connectivity index (χ4n) is 3.18. The van der Waals surface area contributed by atoms with Crippen LogP contribution < -0.4 is 10.2 Å². The van der Waals surface area contributed by atoms with Crippen LogP contribution >= 0.6 is 11.6 Å². The second-order valence-corrected chi connectivity index (χ2v) is 7.07. The van der Waals surface area contributed by atoms with Crippen LogP contribution in [0.4, 0.5) is 16.2 Å². The van der Waals surface area contributed by atoms with Gasteiger partial charge in [0, 0.05) is 42.6 Å². The van der Waals surface area contributed by atoms with Crippen molar-refractivity contribution >= 4 is 29.0 Å². The summed E-state index contributed by atoms with van der Waals surface area (Å²) in [5.41, 5.74) is 5.55. The standard InChI is InChI=1S/C20H24ClN3O/c1-14-4-7-19(16(3)12-14)23-8-10-24(11-9-23)20(25)22-17-6-5-15(2)18(21)13-17/h4-7,12-13H,8-11H2,1-3H3,(H,22,25). The molecule has 0 bridgehead atoms. The first-order chi connectivity index (χ1) is 11.9. The zero-order valence-corrected chi connectivity index (χ0v) is 15.7. The van der Waals surface area contributed by atoms with Gasteiger partial charge in [0.1, 0.15) is 0 Å². The van der Waals surface area contributed by atoms with Crippen LogP contribution in [0.1, 0.15) is 16.7 Å². The lowest BCUT2D eigenvalue weighted by Gasteiger charge is -2.36. The highest BCUT2D eigenvalue weighted by Crippen LogP contribution is 2.23. The molecule has 132 valence electrons. The van der Waals surface area contributed by atoms with Gasteiger partial charge in [0.2, 0.25) is 0 Å². The number of amides is 2. The molecule has 2 aromatic rings. The van der Waals surface area contributed by atoms with Gasteiger partial charge in [-0.15, -0.1) is 0 Å². The molecular formula is C20H24ClN3O. The molecule has 3 rings (SSSR count). The normalized spacial score (nSPS) is 14.6. The van der Waals surface area contributed by atoms with Crippen LogP contribution in [0.25, 0.3) is 0 Å². The van der Waals surface area contributed by atoms with Gasteiger partial charge in [-0.05, 0) is 50.1 Å². The Labute approximate surface area is 154 Å². The molecule has 0 atom stereocenters. The van der Waals surface area contributed by atoms with Gasteiger partial charge in [-0.25, -0.2) is 4.79 Å². The molecule has 1 aliphatic rings. The molecule has 1 fully saturated rings. The molecule has 25 heavy (non-hydrogen) atoms. The van der Waals surface area contributed by atoms with Crippen LogP contribution in [0.15, 0.2) is 36.4 Å². The minimum absolute atomic E-state index is 0.0693. The Morgan fingerprint density at radius 2 is 1.68 bits per heavy atom. The van der Waals surface area contributed by atoms with E-state index in [1.54, 1.807) is 6.07 Å². The molecule has 0 radical (unpaired) electrons. The van der Waals surface area contributed by atoms with E-state index in [1.807, 2.05) is 24.0 Å². The second-order valence-electron chi connectivity index (χ2n) is 6.66. The first-order valence-electron chi connectivity index (χ1n) is 8.58. The molecule has 1 saturated heterocycles. The first kappa shape index (κ1) is 17.6. The predicted molar refractivity (Wildman–Crippen MR) is 105 cm³/mol. The molecule has 5 heteroatoms. The number of urea groups is 1. The molecule has 1 heterocycles. The van der Waals surface area contributed by atoms with Crippen molar-refractivity contribution in [3.8, 4) is 0 Å². The van der Waals surface area contributed by atoms with Crippen molar-refractivity contribution in [2.45, 2.75) is 20.8 Å². The monoisotopic (exact) mass is 357 g/mol. The van der Waals surface area contributed by atoms with Gasteiger partial charge in [-0.3, -0.25) is 0 Å². The summed E-state index contributed by atoms with van der Waals surface area (Å²) in [7, 11) is 0. The van der Waals surface area contributed by atoms with Crippen LogP contribution in [-0.2, 0) is 0 Å². The van der Waals surface area contributed by atoms with E-state index in [2.05, 4.69) is 42.3 Å². The summed E-state index contributed by atoms with van der Waals surface area (Å²) in [6.45, 7) is 9.29. The Hall–Kier alpha value is -2.20. The summed E-state index contributed by atoms with van der Waals surface area (Å²) in [4.78, 5) is 16.7. The SMILES string of the molecule is Cc1ccc(N2CCN(C(=O)Nc3ccc(C)c(Cl)c3)CC2)c(C)c1. The number of aryl methyl sites for hydroxylation is 3. The highest BCUT2D eigenvalue weighted by molar-refractivity contribution is 6.31. The molecule has 1 N–H and O–H groups in total. The molecular weight excluding hydrogens is 334 g/mol. The number of carbonyl (C=O) groups is 1. The van der Waals surface area contributed by atoms with Crippen molar-refractivity contribution in [2.24, 2.45) is 0 Å². The minimum Gasteiger partial charge on any atom is -0.368 e. The van der Waals surface area contributed by atoms with E-state index in [4.69, 9.17) is 11.6 Å². The van der Waals surface area contributed by atoms with Gasteiger partial charge in [0.15, 0.2) is 0 Å². The predicted octanol–water partition coefficient (Wildman–Crippen LogP) is 4.62. The van der Waals surface area contributed by atoms with Crippen molar-refractivity contribution < 1.29 is 4.79 Å². The van der Waals surface area contributed by atoms with Gasteiger partial charge in [0.05, 0.1) is 0 Å². The lowest BCUT2D eigenvalue weighted by Crippen LogP contribution is -2.50. The Balaban J connectivity index is 1.59. The Morgan fingerprint density at radius 3 is 2.32 bits per heavy atom. The van der Waals surface area contributed by atoms with Crippen molar-refractivity contribution in [3.05, 3.63) is 58.1 Å². The van der Waals surface area contributed by atoms with E-state index >= 15 is 0 Å². The van der Waals surface area contributed by atoms with Crippen molar-refractivity contribution in [2.75, 3.05) is 36.4 Å². The quantitative estimate of drug-likeness (QED) is 0.851. The maximum Gasteiger partial charge on any atom is 0.321 e. The molecule has 0 unspecified atom stereocenters. The summed E-state index contributed by atoms with van der Waals surface area (Å²) in [5, 5.41) is 3.60. The van der Waals surface area contributed by atoms with Gasteiger partial charge in [0.25, 0.3) is 0 Å². The van der Waals surface area contributed by atoms with Crippen molar-refractivity contribution in [3.63, 3.8) is 0 Å². The molecule has 1 aliphatic heterocycles. The Kier molecular flexibility index (Phi) is 5.19. The van der Waals surface area contributed by atoms with E-state index in [1.165, 1.54) is 16.8 Å². The molecule has 0 saturated carbocycles. The number of nitrogens with zero attached hydrogens (tertiary/aromatic N) is 2. The van der Waals surface area contributed by atoms with Crippen molar-refractivity contribution in [1.82, 2.24) is 4.90 Å². The topological polar surface area (TPSA) is 35.6 Å². The van der Waals surface area contributed by atoms with E-state index < -0.39 is 0 Å². The fraction of sp³-hybridized carbons (Fsp3) is 0.350. The summed E-state index contributed by atoms with van der Waals surface area (Å²) in [5.74, 6) is 0. The number of rotatable bonds is 2. The number of carbonyl (C=O) groups excluding carboxylic acids is 1. The number of nitrogens with one attached hydrogen (secondary N) is 1. The fourth-order valence-corrected chi connectivity index (χ4v) is 3.36. The maximum atomic E-state index is 12.5. The maximum absolute atomic E-state index is 12.5. The number of piperazine rings is 1. The Bertz CT molecular complexity index is 783. The highest BCUT2D eigenvalue weighted by Gasteiger charge is 2.22. The van der Waals surface area contributed by atoms with Crippen LogP contribution in [0.5, 0.6) is 0 Å². The third kappa shape index (κ3) is 4.07. The molecule has 0 spiro atoms. The lowest BCUT2D eigenvalue weighted by molar-refractivity contribution is 0.208. The average Bonchev–Trinajstić information content (AvgIpc) is 2.58. The number of halogens is 1. The number of hydrogen-bond donors (Lipinski definition) is 1. The summed E-state index contributed by atoms with van der Waals surface area (Å²) >= 11 is 6.12. The van der Waals surface area contributed by atoms with Crippen molar-refractivity contribution in [1.29, 1.82) is 0 Å². The molecule has 2 aromatic carbocycles. The van der Waals surface area contributed by atoms with Gasteiger partial charge >= 0.3 is 6.03 Å². The van der Waals surface area contributed by atoms with Crippen LogP contribution in [0, 0.1) is 20.8 Å². The second kappa shape index (κ2) is 7.36. The van der Waals surface area contributed by atoms with E-state index in [9.17, 15) is 4.79 Å². The number of benzene rings is 2. The van der Waals surface area contributed by atoms with E-state index in [-0.39, 0.29) is 6.03 Å². The summed E-state index contributed by atoms with van der Waals surface area (Å²) in [6, 6.07) is 12.0. The van der Waals surface area contributed by atoms with Crippen LogP contribution in [-0.4, -0.2) is 37.1 Å². The largest absolute Gasteiger partial charge is 0.368 e. The highest BCUT2D eigenvalue weighted by atomic mass is 35.5. The third-order valence-corrected chi connectivity index (χ3v) is 5.09. The first-order valence-corrected chi connectivity index (χ1v) is 8.96. The van der Waals surface area contributed by atoms with E-state index in [0.717, 1.165) is 24.3 Å². The van der Waals surface area contributed by atoms with Gasteiger partial charge in [-0.2, -0.15) is 0 Å². The van der Waals surface area contributed by atoms with Gasteiger partial charge < -0.3 is 15.1 Å². The zero-order valence-electron chi connectivity index (χ0n) is 15.0. The minimum atomic E-state index is -0.0693. The lowest BCUT2D eigenvalue weighted by atomic mass is 10.1. The van der Waals surface area contributed by atoms with Crippen LogP contribution in [0.2, 0.25) is 5.02 Å². The molecule has 4 nitrogen and oxygen atoms in total. The number of hydrogen-bond acceptors (Lipinski definition) is 2. The molecule has 0 aromatic heterocycles. The molecule has 2 amide bonds. The molecule has 0 aliphatic carbocycles. The van der Waals surface area contributed by atoms with E-state index in [0.29, 0.717) is 18.1 Å². The summed E-state index contributed by atoms with van der Waals surface area (Å²) < 4.78 is 0. The smallest absolute Gasteiger partial charge is 0.321 e. The third-order valence-electron chi connectivity index (χ3n) is 4.68.